The van der Waals surface area contributed by atoms with Crippen molar-refractivity contribution >= 4 is 11.3 Å². The van der Waals surface area contributed by atoms with E-state index in [1.165, 1.54) is 6.20 Å². The van der Waals surface area contributed by atoms with Crippen molar-refractivity contribution in [3.63, 3.8) is 0 Å². The molecule has 21 heavy (non-hydrogen) atoms. The van der Waals surface area contributed by atoms with Crippen molar-refractivity contribution in [1.29, 1.82) is 0 Å². The van der Waals surface area contributed by atoms with E-state index in [2.05, 4.69) is 10.3 Å². The van der Waals surface area contributed by atoms with E-state index in [9.17, 15) is 13.2 Å². The fourth-order valence-corrected chi connectivity index (χ4v) is 3.05. The van der Waals surface area contributed by atoms with Crippen molar-refractivity contribution in [2.24, 2.45) is 5.41 Å². The summed E-state index contributed by atoms with van der Waals surface area (Å²) in [7, 11) is 0. The third-order valence-corrected chi connectivity index (χ3v) is 4.12. The number of halogens is 3. The van der Waals surface area contributed by atoms with Gasteiger partial charge in [-0.05, 0) is 18.9 Å². The van der Waals surface area contributed by atoms with Crippen molar-refractivity contribution in [2.75, 3.05) is 13.2 Å². The number of nitrogens with zero attached hydrogens (tertiary/aromatic N) is 1. The molecule has 0 amide bonds. The van der Waals surface area contributed by atoms with Gasteiger partial charge in [0.2, 0.25) is 0 Å². The van der Waals surface area contributed by atoms with Crippen LogP contribution in [0, 0.1) is 5.41 Å². The minimum atomic E-state index is -4.40. The maximum atomic E-state index is 12.7. The van der Waals surface area contributed by atoms with Crippen LogP contribution in [0.2, 0.25) is 0 Å². The highest BCUT2D eigenvalue weighted by Gasteiger charge is 2.38. The molecule has 3 nitrogen and oxygen atoms in total. The van der Waals surface area contributed by atoms with E-state index in [1.54, 1.807) is 0 Å². The second-order valence-corrected chi connectivity index (χ2v) is 6.91. The van der Waals surface area contributed by atoms with Gasteiger partial charge in [-0.25, -0.2) is 4.98 Å². The van der Waals surface area contributed by atoms with Gasteiger partial charge >= 0.3 is 6.18 Å². The van der Waals surface area contributed by atoms with Gasteiger partial charge in [-0.1, -0.05) is 27.7 Å². The van der Waals surface area contributed by atoms with Crippen LogP contribution >= 0.6 is 11.3 Å². The molecule has 122 valence electrons. The molecular weight excluding hydrogens is 301 g/mol. The summed E-state index contributed by atoms with van der Waals surface area (Å²) in [6, 6.07) is -0.302. The van der Waals surface area contributed by atoms with Gasteiger partial charge < -0.3 is 10.1 Å². The Morgan fingerprint density at radius 3 is 2.29 bits per heavy atom. The van der Waals surface area contributed by atoms with Gasteiger partial charge in [-0.15, -0.1) is 11.3 Å². The minimum Gasteiger partial charge on any atom is -0.376 e. The summed E-state index contributed by atoms with van der Waals surface area (Å²) in [5.74, 6) is 0. The van der Waals surface area contributed by atoms with E-state index in [0.29, 0.717) is 29.4 Å². The minimum absolute atomic E-state index is 0.203. The molecule has 1 heterocycles. The summed E-state index contributed by atoms with van der Waals surface area (Å²) in [6.45, 7) is 11.0. The lowest BCUT2D eigenvalue weighted by Crippen LogP contribution is -2.41. The molecule has 0 aromatic carbocycles. The molecule has 0 fully saturated rings. The van der Waals surface area contributed by atoms with Crippen molar-refractivity contribution in [3.05, 3.63) is 16.1 Å². The van der Waals surface area contributed by atoms with Crippen molar-refractivity contribution in [3.8, 4) is 0 Å². The molecular formula is C14H23F3N2OS. The predicted molar refractivity (Wildman–Crippen MR) is 78.4 cm³/mol. The molecule has 0 aliphatic heterocycles. The molecule has 0 saturated carbocycles. The van der Waals surface area contributed by atoms with E-state index in [-0.39, 0.29) is 17.6 Å². The summed E-state index contributed by atoms with van der Waals surface area (Å²) in [5.41, 5.74) is -0.203. The third-order valence-electron chi connectivity index (χ3n) is 3.00. The number of hydrogen-bond donors (Lipinski definition) is 1. The molecule has 1 aromatic rings. The molecule has 2 unspecified atom stereocenters. The Bertz CT molecular complexity index is 440. The highest BCUT2D eigenvalue weighted by atomic mass is 32.1. The topological polar surface area (TPSA) is 34.2 Å². The summed E-state index contributed by atoms with van der Waals surface area (Å²) < 4.78 is 44.0. The van der Waals surface area contributed by atoms with Crippen LogP contribution in [0.1, 0.15) is 50.5 Å². The van der Waals surface area contributed by atoms with Crippen LogP contribution in [-0.2, 0) is 10.9 Å². The summed E-state index contributed by atoms with van der Waals surface area (Å²) in [4.78, 5) is 4.07. The molecule has 0 radical (unpaired) electrons. The maximum absolute atomic E-state index is 12.7. The lowest BCUT2D eigenvalue weighted by Gasteiger charge is -2.36. The number of alkyl halides is 3. The molecule has 0 spiro atoms. The SMILES string of the molecule is CCNC(c1cnc(C(F)(F)F)s1)C(OCC)C(C)(C)C. The first-order valence-corrected chi connectivity index (χ1v) is 7.80. The number of thiazole rings is 1. The van der Waals surface area contributed by atoms with Gasteiger partial charge in [0.1, 0.15) is 0 Å². The van der Waals surface area contributed by atoms with Gasteiger partial charge in [-0.2, -0.15) is 13.2 Å². The van der Waals surface area contributed by atoms with Crippen molar-refractivity contribution in [2.45, 2.75) is 52.9 Å². The zero-order valence-electron chi connectivity index (χ0n) is 13.0. The Hall–Kier alpha value is -0.660. The van der Waals surface area contributed by atoms with Gasteiger partial charge in [-0.3, -0.25) is 0 Å². The Kier molecular flexibility index (Phi) is 6.19. The lowest BCUT2D eigenvalue weighted by molar-refractivity contribution is -0.137. The molecule has 0 aliphatic carbocycles. The highest BCUT2D eigenvalue weighted by molar-refractivity contribution is 7.11. The Morgan fingerprint density at radius 1 is 1.29 bits per heavy atom. The Morgan fingerprint density at radius 2 is 1.90 bits per heavy atom. The predicted octanol–water partition coefficient (Wildman–Crippen LogP) is 4.26. The summed E-state index contributed by atoms with van der Waals surface area (Å²) in [6.07, 6.45) is -3.33. The van der Waals surface area contributed by atoms with Crippen LogP contribution in [0.5, 0.6) is 0 Å². The van der Waals surface area contributed by atoms with Crippen molar-refractivity contribution in [1.82, 2.24) is 10.3 Å². The van der Waals surface area contributed by atoms with Crippen LogP contribution in [0.4, 0.5) is 13.2 Å². The van der Waals surface area contributed by atoms with E-state index in [4.69, 9.17) is 4.74 Å². The molecule has 1 aromatic heterocycles. The third kappa shape index (κ3) is 4.93. The fraction of sp³-hybridized carbons (Fsp3) is 0.786. The number of ether oxygens (including phenoxy) is 1. The summed E-state index contributed by atoms with van der Waals surface area (Å²) in [5, 5.41) is 2.42. The van der Waals surface area contributed by atoms with Crippen LogP contribution < -0.4 is 5.32 Å². The smallest absolute Gasteiger partial charge is 0.376 e. The fourth-order valence-electron chi connectivity index (χ4n) is 2.16. The second-order valence-electron chi connectivity index (χ2n) is 5.84. The Labute approximate surface area is 127 Å². The van der Waals surface area contributed by atoms with Crippen LogP contribution in [0.15, 0.2) is 6.20 Å². The number of rotatable bonds is 6. The quantitative estimate of drug-likeness (QED) is 0.849. The maximum Gasteiger partial charge on any atom is 0.443 e. The highest BCUT2D eigenvalue weighted by Crippen LogP contribution is 2.38. The first-order valence-electron chi connectivity index (χ1n) is 6.99. The normalized spacial score (nSPS) is 16.0. The van der Waals surface area contributed by atoms with Crippen LogP contribution in [0.3, 0.4) is 0 Å². The van der Waals surface area contributed by atoms with E-state index < -0.39 is 11.2 Å². The number of aromatic nitrogens is 1. The lowest BCUT2D eigenvalue weighted by atomic mass is 9.84. The second kappa shape index (κ2) is 7.07. The van der Waals surface area contributed by atoms with Gasteiger partial charge in [0, 0.05) is 17.7 Å². The van der Waals surface area contributed by atoms with Gasteiger partial charge in [0.05, 0.1) is 12.1 Å². The average molecular weight is 324 g/mol. The molecule has 1 N–H and O–H groups in total. The first-order chi connectivity index (χ1) is 9.61. The molecule has 0 saturated heterocycles. The largest absolute Gasteiger partial charge is 0.443 e. The van der Waals surface area contributed by atoms with Crippen LogP contribution in [-0.4, -0.2) is 24.2 Å². The van der Waals surface area contributed by atoms with E-state index in [1.807, 2.05) is 34.6 Å². The molecule has 0 aliphatic rings. The monoisotopic (exact) mass is 324 g/mol. The van der Waals surface area contributed by atoms with Gasteiger partial charge in [0.25, 0.3) is 0 Å². The Balaban J connectivity index is 3.12. The zero-order valence-corrected chi connectivity index (χ0v) is 13.9. The zero-order chi connectivity index (χ0) is 16.3. The number of nitrogens with one attached hydrogen (secondary N) is 1. The van der Waals surface area contributed by atoms with E-state index in [0.717, 1.165) is 0 Å². The number of likely N-dealkylation sites (N-methyl/N-ethyl adjacent to an activating group) is 1. The average Bonchev–Trinajstić information content (AvgIpc) is 2.81. The molecule has 1 rings (SSSR count). The molecule has 2 atom stereocenters. The van der Waals surface area contributed by atoms with Crippen molar-refractivity contribution < 1.29 is 17.9 Å². The summed E-state index contributed by atoms with van der Waals surface area (Å²) >= 11 is 0.680. The van der Waals surface area contributed by atoms with Crippen LogP contribution in [0.25, 0.3) is 0 Å². The van der Waals surface area contributed by atoms with E-state index >= 15 is 0 Å². The van der Waals surface area contributed by atoms with Gasteiger partial charge in [0.15, 0.2) is 5.01 Å². The first kappa shape index (κ1) is 18.4. The number of hydrogen-bond acceptors (Lipinski definition) is 4. The molecule has 0 bridgehead atoms. The standard InChI is InChI=1S/C14H23F3N2OS/c1-6-18-10(11(20-7-2)13(3,4)5)9-8-19-12(21-9)14(15,16)17/h8,10-11,18H,6-7H2,1-5H3. The molecule has 7 heteroatoms.